The Hall–Kier alpha value is -1.77. The highest BCUT2D eigenvalue weighted by Gasteiger charge is 2.00. The molecule has 1 aromatic carbocycles. The van der Waals surface area contributed by atoms with E-state index in [9.17, 15) is 0 Å². The smallest absolute Gasteiger partial charge is 0.126 e. The van der Waals surface area contributed by atoms with Crippen molar-refractivity contribution in [3.05, 3.63) is 30.3 Å². The van der Waals surface area contributed by atoms with Crippen LogP contribution in [-0.4, -0.2) is 18.1 Å². The Morgan fingerprint density at radius 3 is 2.82 bits per heavy atom. The number of ether oxygens (including phenoxy) is 1. The van der Waals surface area contributed by atoms with Gasteiger partial charge < -0.3 is 10.1 Å². The number of aromatic nitrogens is 1. The molecule has 0 atom stereocenters. The van der Waals surface area contributed by atoms with Crippen LogP contribution in [0.5, 0.6) is 5.75 Å². The first kappa shape index (κ1) is 11.7. The summed E-state index contributed by atoms with van der Waals surface area (Å²) in [4.78, 5) is 4.52. The fourth-order valence-electron chi connectivity index (χ4n) is 1.69. The van der Waals surface area contributed by atoms with E-state index in [1.807, 2.05) is 24.3 Å². The fourth-order valence-corrected chi connectivity index (χ4v) is 1.69. The quantitative estimate of drug-likeness (QED) is 0.854. The topological polar surface area (TPSA) is 34.1 Å². The summed E-state index contributed by atoms with van der Waals surface area (Å²) in [6.07, 6.45) is 1.02. The van der Waals surface area contributed by atoms with Gasteiger partial charge in [0.1, 0.15) is 11.6 Å². The van der Waals surface area contributed by atoms with Crippen molar-refractivity contribution in [3.63, 3.8) is 0 Å². The molecule has 0 radical (unpaired) electrons. The third kappa shape index (κ3) is 2.87. The highest BCUT2D eigenvalue weighted by atomic mass is 16.5. The van der Waals surface area contributed by atoms with E-state index in [-0.39, 0.29) is 0 Å². The van der Waals surface area contributed by atoms with Gasteiger partial charge in [-0.2, -0.15) is 0 Å². The highest BCUT2D eigenvalue weighted by molar-refractivity contribution is 5.81. The molecule has 3 nitrogen and oxygen atoms in total. The van der Waals surface area contributed by atoms with Crippen LogP contribution in [0.3, 0.4) is 0 Å². The van der Waals surface area contributed by atoms with Crippen LogP contribution in [0.2, 0.25) is 0 Å². The van der Waals surface area contributed by atoms with Crippen molar-refractivity contribution < 1.29 is 4.74 Å². The number of rotatable bonds is 5. The lowest BCUT2D eigenvalue weighted by Crippen LogP contribution is -1.99. The first-order valence-corrected chi connectivity index (χ1v) is 6.11. The molecule has 17 heavy (non-hydrogen) atoms. The Kier molecular flexibility index (Phi) is 3.81. The zero-order chi connectivity index (χ0) is 12.1. The number of hydrogen-bond donors (Lipinski definition) is 1. The molecule has 0 saturated carbocycles. The van der Waals surface area contributed by atoms with E-state index in [0.717, 1.165) is 42.0 Å². The molecule has 0 bridgehead atoms. The molecule has 90 valence electrons. The predicted molar refractivity (Wildman–Crippen MR) is 71.7 cm³/mol. The minimum absolute atomic E-state index is 0.758. The molecular weight excluding hydrogens is 212 g/mol. The van der Waals surface area contributed by atoms with E-state index in [2.05, 4.69) is 30.2 Å². The van der Waals surface area contributed by atoms with Crippen LogP contribution in [0.1, 0.15) is 20.3 Å². The lowest BCUT2D eigenvalue weighted by atomic mass is 10.2. The number of nitrogens with zero attached hydrogens (tertiary/aromatic N) is 1. The molecule has 2 aromatic rings. The maximum atomic E-state index is 5.60. The molecule has 0 unspecified atom stereocenters. The zero-order valence-electron chi connectivity index (χ0n) is 10.4. The molecular formula is C14H18N2O. The minimum atomic E-state index is 0.758. The van der Waals surface area contributed by atoms with Gasteiger partial charge >= 0.3 is 0 Å². The molecule has 0 saturated heterocycles. The van der Waals surface area contributed by atoms with E-state index in [4.69, 9.17) is 4.74 Å². The van der Waals surface area contributed by atoms with Crippen molar-refractivity contribution in [3.8, 4) is 5.75 Å². The number of hydrogen-bond acceptors (Lipinski definition) is 3. The normalized spacial score (nSPS) is 10.5. The van der Waals surface area contributed by atoms with Gasteiger partial charge in [-0.05, 0) is 43.7 Å². The summed E-state index contributed by atoms with van der Waals surface area (Å²) in [6.45, 7) is 5.81. The van der Waals surface area contributed by atoms with E-state index in [1.54, 1.807) is 0 Å². The maximum absolute atomic E-state index is 5.60. The van der Waals surface area contributed by atoms with Gasteiger partial charge in [0, 0.05) is 11.9 Å². The second-order valence-electron chi connectivity index (χ2n) is 3.93. The summed E-state index contributed by atoms with van der Waals surface area (Å²) in [5, 5.41) is 4.32. The van der Waals surface area contributed by atoms with Crippen LogP contribution in [0, 0.1) is 0 Å². The largest absolute Gasteiger partial charge is 0.494 e. The minimum Gasteiger partial charge on any atom is -0.494 e. The third-order valence-corrected chi connectivity index (χ3v) is 2.49. The Bertz CT molecular complexity index is 497. The summed E-state index contributed by atoms with van der Waals surface area (Å²) in [7, 11) is 0. The van der Waals surface area contributed by atoms with Crippen LogP contribution in [-0.2, 0) is 0 Å². The lowest BCUT2D eigenvalue weighted by molar-refractivity contribution is 0.318. The monoisotopic (exact) mass is 230 g/mol. The Labute approximate surface area is 102 Å². The van der Waals surface area contributed by atoms with Crippen LogP contribution in [0.4, 0.5) is 5.82 Å². The lowest BCUT2D eigenvalue weighted by Gasteiger charge is -2.07. The van der Waals surface area contributed by atoms with Gasteiger partial charge in [-0.15, -0.1) is 0 Å². The molecule has 0 spiro atoms. The van der Waals surface area contributed by atoms with Crippen molar-refractivity contribution in [2.24, 2.45) is 0 Å². The van der Waals surface area contributed by atoms with Gasteiger partial charge in [0.25, 0.3) is 0 Å². The van der Waals surface area contributed by atoms with Crippen LogP contribution in [0.25, 0.3) is 10.9 Å². The molecule has 1 aromatic heterocycles. The molecule has 3 heteroatoms. The third-order valence-electron chi connectivity index (χ3n) is 2.49. The van der Waals surface area contributed by atoms with E-state index in [1.165, 1.54) is 0 Å². The summed E-state index contributed by atoms with van der Waals surface area (Å²) >= 11 is 0. The fraction of sp³-hybridized carbons (Fsp3) is 0.357. The van der Waals surface area contributed by atoms with E-state index < -0.39 is 0 Å². The predicted octanol–water partition coefficient (Wildman–Crippen LogP) is 3.46. The standard InChI is InChI=1S/C14H18N2O/c1-3-9-17-12-6-7-13-11(10-12)5-8-14(16-13)15-4-2/h5-8,10H,3-4,9H2,1-2H3,(H,15,16). The molecule has 0 amide bonds. The SMILES string of the molecule is CCCOc1ccc2nc(NCC)ccc2c1. The van der Waals surface area contributed by atoms with Crippen molar-refractivity contribution in [1.82, 2.24) is 4.98 Å². The molecule has 0 fully saturated rings. The van der Waals surface area contributed by atoms with Gasteiger partial charge in [-0.25, -0.2) is 4.98 Å². The highest BCUT2D eigenvalue weighted by Crippen LogP contribution is 2.21. The first-order chi connectivity index (χ1) is 8.33. The summed E-state index contributed by atoms with van der Waals surface area (Å²) in [6, 6.07) is 10.1. The van der Waals surface area contributed by atoms with Crippen LogP contribution < -0.4 is 10.1 Å². The summed E-state index contributed by atoms with van der Waals surface area (Å²) in [5.74, 6) is 1.83. The molecule has 1 heterocycles. The van der Waals surface area contributed by atoms with Gasteiger partial charge in [0.05, 0.1) is 12.1 Å². The Balaban J connectivity index is 2.26. The van der Waals surface area contributed by atoms with Gasteiger partial charge in [0.2, 0.25) is 0 Å². The average Bonchev–Trinajstić information content (AvgIpc) is 2.36. The Morgan fingerprint density at radius 1 is 1.18 bits per heavy atom. The second-order valence-corrected chi connectivity index (χ2v) is 3.93. The van der Waals surface area contributed by atoms with Crippen LogP contribution >= 0.6 is 0 Å². The van der Waals surface area contributed by atoms with Crippen molar-refractivity contribution in [2.75, 3.05) is 18.5 Å². The average molecular weight is 230 g/mol. The van der Waals surface area contributed by atoms with E-state index in [0.29, 0.717) is 0 Å². The second kappa shape index (κ2) is 5.53. The van der Waals surface area contributed by atoms with Crippen molar-refractivity contribution in [1.29, 1.82) is 0 Å². The Morgan fingerprint density at radius 2 is 2.06 bits per heavy atom. The molecule has 1 N–H and O–H groups in total. The summed E-state index contributed by atoms with van der Waals surface area (Å²) in [5.41, 5.74) is 0.993. The van der Waals surface area contributed by atoms with Crippen LogP contribution in [0.15, 0.2) is 30.3 Å². The van der Waals surface area contributed by atoms with E-state index >= 15 is 0 Å². The molecule has 0 aliphatic carbocycles. The molecule has 0 aliphatic heterocycles. The van der Waals surface area contributed by atoms with Gasteiger partial charge in [-0.1, -0.05) is 6.92 Å². The number of pyridine rings is 1. The summed E-state index contributed by atoms with van der Waals surface area (Å²) < 4.78 is 5.60. The molecule has 0 aliphatic rings. The number of anilines is 1. The zero-order valence-corrected chi connectivity index (χ0v) is 10.4. The number of nitrogens with one attached hydrogen (secondary N) is 1. The maximum Gasteiger partial charge on any atom is 0.126 e. The number of benzene rings is 1. The van der Waals surface area contributed by atoms with Crippen molar-refractivity contribution >= 4 is 16.7 Å². The van der Waals surface area contributed by atoms with Crippen molar-refractivity contribution in [2.45, 2.75) is 20.3 Å². The number of fused-ring (bicyclic) bond motifs is 1. The van der Waals surface area contributed by atoms with Gasteiger partial charge in [0.15, 0.2) is 0 Å². The first-order valence-electron chi connectivity index (χ1n) is 6.11. The molecule has 2 rings (SSSR count). The van der Waals surface area contributed by atoms with Gasteiger partial charge in [-0.3, -0.25) is 0 Å².